The smallest absolute Gasteiger partial charge is 0.241 e. The highest BCUT2D eigenvalue weighted by Crippen LogP contribution is 2.22. The highest BCUT2D eigenvalue weighted by molar-refractivity contribution is 6.31. The van der Waals surface area contributed by atoms with Gasteiger partial charge in [0.2, 0.25) is 5.91 Å². The summed E-state index contributed by atoms with van der Waals surface area (Å²) in [5, 5.41) is 3.40. The molecule has 0 saturated heterocycles. The number of carbonyl (C=O) groups excluding carboxylic acids is 1. The molecule has 1 rings (SSSR count). The summed E-state index contributed by atoms with van der Waals surface area (Å²) in [6.07, 6.45) is 0. The van der Waals surface area contributed by atoms with Gasteiger partial charge >= 0.3 is 0 Å². The highest BCUT2D eigenvalue weighted by Gasteiger charge is 2.27. The monoisotopic (exact) mass is 254 g/mol. The number of hydrogen-bond donors (Lipinski definition) is 2. The van der Waals surface area contributed by atoms with Gasteiger partial charge in [-0.2, -0.15) is 0 Å². The normalized spacial score (nSPS) is 13.3. The van der Waals surface area contributed by atoms with Gasteiger partial charge in [-0.3, -0.25) is 4.79 Å². The Morgan fingerprint density at radius 3 is 2.47 bits per heavy atom. The Kier molecular flexibility index (Phi) is 4.17. The second kappa shape index (κ2) is 5.07. The van der Waals surface area contributed by atoms with Crippen LogP contribution in [0.2, 0.25) is 5.02 Å². The molecule has 1 aromatic rings. The van der Waals surface area contributed by atoms with Crippen molar-refractivity contribution >= 4 is 23.2 Å². The molecule has 4 heteroatoms. The quantitative estimate of drug-likeness (QED) is 0.853. The minimum Gasteiger partial charge on any atom is -0.325 e. The Hall–Kier alpha value is -1.06. The van der Waals surface area contributed by atoms with Crippen molar-refractivity contribution in [2.45, 2.75) is 33.7 Å². The average Bonchev–Trinajstić information content (AvgIpc) is 2.21. The number of benzene rings is 1. The number of rotatable bonds is 2. The van der Waals surface area contributed by atoms with Crippen molar-refractivity contribution in [3.8, 4) is 0 Å². The van der Waals surface area contributed by atoms with Crippen LogP contribution in [0.3, 0.4) is 0 Å². The summed E-state index contributed by atoms with van der Waals surface area (Å²) in [4.78, 5) is 11.9. The van der Waals surface area contributed by atoms with E-state index in [1.54, 1.807) is 6.07 Å². The van der Waals surface area contributed by atoms with E-state index in [1.807, 2.05) is 39.8 Å². The van der Waals surface area contributed by atoms with Crippen LogP contribution in [-0.4, -0.2) is 11.9 Å². The third-order valence-electron chi connectivity index (χ3n) is 2.65. The van der Waals surface area contributed by atoms with Crippen molar-refractivity contribution < 1.29 is 4.79 Å². The Bertz CT molecular complexity index is 424. The maximum Gasteiger partial charge on any atom is 0.241 e. The van der Waals surface area contributed by atoms with Gasteiger partial charge in [-0.15, -0.1) is 0 Å². The topological polar surface area (TPSA) is 55.1 Å². The molecule has 0 bridgehead atoms. The molecule has 0 heterocycles. The third kappa shape index (κ3) is 3.72. The lowest BCUT2D eigenvalue weighted by Gasteiger charge is -2.25. The minimum absolute atomic E-state index is 0.197. The zero-order valence-electron chi connectivity index (χ0n) is 10.7. The molecular weight excluding hydrogens is 236 g/mol. The van der Waals surface area contributed by atoms with Gasteiger partial charge in [0.25, 0.3) is 0 Å². The molecule has 0 aliphatic rings. The molecule has 17 heavy (non-hydrogen) atoms. The molecule has 0 fully saturated rings. The molecule has 94 valence electrons. The summed E-state index contributed by atoms with van der Waals surface area (Å²) in [5.41, 5.74) is 7.25. The number of amides is 1. The molecule has 0 unspecified atom stereocenters. The van der Waals surface area contributed by atoms with Crippen LogP contribution in [0.4, 0.5) is 5.69 Å². The van der Waals surface area contributed by atoms with E-state index in [9.17, 15) is 4.79 Å². The molecule has 3 N–H and O–H groups in total. The summed E-state index contributed by atoms with van der Waals surface area (Å²) in [7, 11) is 0. The number of aryl methyl sites for hydroxylation is 1. The van der Waals surface area contributed by atoms with E-state index in [4.69, 9.17) is 17.3 Å². The SMILES string of the molecule is Cc1ccc(NC(=O)[C@H](N)C(C)(C)C)cc1Cl. The van der Waals surface area contributed by atoms with Gasteiger partial charge in [-0.25, -0.2) is 0 Å². The van der Waals surface area contributed by atoms with Crippen molar-refractivity contribution in [3.05, 3.63) is 28.8 Å². The first-order valence-electron chi connectivity index (χ1n) is 5.54. The van der Waals surface area contributed by atoms with Crippen LogP contribution in [0.15, 0.2) is 18.2 Å². The fourth-order valence-electron chi connectivity index (χ4n) is 1.28. The van der Waals surface area contributed by atoms with Gasteiger partial charge in [0.05, 0.1) is 6.04 Å². The third-order valence-corrected chi connectivity index (χ3v) is 3.06. The van der Waals surface area contributed by atoms with Gasteiger partial charge < -0.3 is 11.1 Å². The van der Waals surface area contributed by atoms with Gasteiger partial charge in [-0.1, -0.05) is 38.4 Å². The number of nitrogens with two attached hydrogens (primary N) is 1. The maximum atomic E-state index is 11.9. The standard InChI is InChI=1S/C13H19ClN2O/c1-8-5-6-9(7-10(8)14)16-12(17)11(15)13(2,3)4/h5-7,11H,15H2,1-4H3,(H,16,17)/t11-/m0/s1. The molecular formula is C13H19ClN2O. The van der Waals surface area contributed by atoms with E-state index in [1.165, 1.54) is 0 Å². The average molecular weight is 255 g/mol. The van der Waals surface area contributed by atoms with Crippen LogP contribution in [0.25, 0.3) is 0 Å². The van der Waals surface area contributed by atoms with Crippen molar-refractivity contribution in [1.29, 1.82) is 0 Å². The zero-order chi connectivity index (χ0) is 13.2. The Morgan fingerprint density at radius 1 is 1.41 bits per heavy atom. The van der Waals surface area contributed by atoms with Gasteiger partial charge in [0, 0.05) is 10.7 Å². The first-order valence-corrected chi connectivity index (χ1v) is 5.92. The molecule has 0 spiro atoms. The molecule has 0 radical (unpaired) electrons. The summed E-state index contributed by atoms with van der Waals surface area (Å²) in [6, 6.07) is 4.85. The predicted molar refractivity (Wildman–Crippen MR) is 72.2 cm³/mol. The van der Waals surface area contributed by atoms with E-state index in [0.29, 0.717) is 10.7 Å². The first-order chi connectivity index (χ1) is 7.71. The van der Waals surface area contributed by atoms with E-state index in [2.05, 4.69) is 5.32 Å². The molecule has 1 amide bonds. The van der Waals surface area contributed by atoms with Crippen LogP contribution < -0.4 is 11.1 Å². The summed E-state index contributed by atoms with van der Waals surface area (Å²) < 4.78 is 0. The van der Waals surface area contributed by atoms with Crippen molar-refractivity contribution in [1.82, 2.24) is 0 Å². The van der Waals surface area contributed by atoms with Crippen LogP contribution in [-0.2, 0) is 4.79 Å². The minimum atomic E-state index is -0.553. The van der Waals surface area contributed by atoms with E-state index >= 15 is 0 Å². The maximum absolute atomic E-state index is 11.9. The Balaban J connectivity index is 2.78. The fourth-order valence-corrected chi connectivity index (χ4v) is 1.46. The lowest BCUT2D eigenvalue weighted by molar-refractivity contribution is -0.119. The largest absolute Gasteiger partial charge is 0.325 e. The molecule has 3 nitrogen and oxygen atoms in total. The summed E-state index contributed by atoms with van der Waals surface area (Å²) in [6.45, 7) is 7.70. The molecule has 0 aliphatic heterocycles. The highest BCUT2D eigenvalue weighted by atomic mass is 35.5. The number of anilines is 1. The second-order valence-electron chi connectivity index (χ2n) is 5.30. The Labute approximate surface area is 107 Å². The number of nitrogens with one attached hydrogen (secondary N) is 1. The van der Waals surface area contributed by atoms with E-state index < -0.39 is 6.04 Å². The molecule has 0 saturated carbocycles. The van der Waals surface area contributed by atoms with E-state index in [0.717, 1.165) is 5.56 Å². The summed E-state index contributed by atoms with van der Waals surface area (Å²) >= 11 is 5.98. The Morgan fingerprint density at radius 2 is 2.00 bits per heavy atom. The summed E-state index contributed by atoms with van der Waals surface area (Å²) in [5.74, 6) is -0.197. The van der Waals surface area contributed by atoms with Crippen LogP contribution in [0.5, 0.6) is 0 Å². The van der Waals surface area contributed by atoms with Gasteiger partial charge in [0.15, 0.2) is 0 Å². The lowest BCUT2D eigenvalue weighted by atomic mass is 9.87. The molecule has 1 aromatic carbocycles. The molecule has 1 atom stereocenters. The van der Waals surface area contributed by atoms with Crippen molar-refractivity contribution in [2.24, 2.45) is 11.1 Å². The second-order valence-corrected chi connectivity index (χ2v) is 5.70. The molecule has 0 aliphatic carbocycles. The van der Waals surface area contributed by atoms with Crippen LogP contribution >= 0.6 is 11.6 Å². The van der Waals surface area contributed by atoms with E-state index in [-0.39, 0.29) is 11.3 Å². The van der Waals surface area contributed by atoms with Crippen LogP contribution in [0.1, 0.15) is 26.3 Å². The number of halogens is 1. The fraction of sp³-hybridized carbons (Fsp3) is 0.462. The number of hydrogen-bond acceptors (Lipinski definition) is 2. The van der Waals surface area contributed by atoms with Gasteiger partial charge in [0.1, 0.15) is 0 Å². The van der Waals surface area contributed by atoms with Crippen LogP contribution in [0, 0.1) is 12.3 Å². The predicted octanol–water partition coefficient (Wildman–Crippen LogP) is 2.96. The van der Waals surface area contributed by atoms with Gasteiger partial charge in [-0.05, 0) is 30.0 Å². The molecule has 0 aromatic heterocycles. The van der Waals surface area contributed by atoms with Crippen molar-refractivity contribution in [3.63, 3.8) is 0 Å². The zero-order valence-corrected chi connectivity index (χ0v) is 11.4. The lowest BCUT2D eigenvalue weighted by Crippen LogP contribution is -2.45. The first kappa shape index (κ1) is 14.0. The number of carbonyl (C=O) groups is 1. The van der Waals surface area contributed by atoms with Crippen molar-refractivity contribution in [2.75, 3.05) is 5.32 Å².